The summed E-state index contributed by atoms with van der Waals surface area (Å²) in [5.74, 6) is 1.50. The number of ether oxygens (including phenoxy) is 3. The summed E-state index contributed by atoms with van der Waals surface area (Å²) in [6.45, 7) is 2.46. The van der Waals surface area contributed by atoms with Crippen molar-refractivity contribution in [2.75, 3.05) is 26.8 Å². The van der Waals surface area contributed by atoms with Crippen LogP contribution < -0.4 is 24.8 Å². The number of likely N-dealkylation sites (tertiary alicyclic amines) is 1. The summed E-state index contributed by atoms with van der Waals surface area (Å²) < 4.78 is 17.5. The highest BCUT2D eigenvalue weighted by atomic mass is 16.5. The predicted molar refractivity (Wildman–Crippen MR) is 143 cm³/mol. The molecule has 0 aromatic heterocycles. The Labute approximate surface area is 222 Å². The lowest BCUT2D eigenvalue weighted by molar-refractivity contribution is -0.123. The van der Waals surface area contributed by atoms with Crippen molar-refractivity contribution >= 4 is 11.8 Å². The van der Waals surface area contributed by atoms with Crippen LogP contribution in [0, 0.1) is 0 Å². The fraction of sp³-hybridized carbons (Fsp3) is 0.333. The molecule has 38 heavy (non-hydrogen) atoms. The van der Waals surface area contributed by atoms with Gasteiger partial charge in [0.2, 0.25) is 5.91 Å². The largest absolute Gasteiger partial charge is 0.493 e. The van der Waals surface area contributed by atoms with Crippen molar-refractivity contribution < 1.29 is 23.8 Å². The van der Waals surface area contributed by atoms with Gasteiger partial charge < -0.3 is 24.8 Å². The van der Waals surface area contributed by atoms with Crippen LogP contribution in [0.15, 0.2) is 72.8 Å². The number of nitrogens with one attached hydrogen (secondary N) is 2. The molecule has 0 saturated carbocycles. The third-order valence-corrected chi connectivity index (χ3v) is 6.87. The van der Waals surface area contributed by atoms with E-state index in [0.717, 1.165) is 23.4 Å². The average Bonchev–Trinajstić information content (AvgIpc) is 3.30. The van der Waals surface area contributed by atoms with Gasteiger partial charge >= 0.3 is 0 Å². The molecule has 5 aliphatic heterocycles. The molecule has 8 nitrogen and oxygen atoms in total. The minimum absolute atomic E-state index is 0.0223. The van der Waals surface area contributed by atoms with Crippen LogP contribution in [-0.2, 0) is 29.1 Å². The first kappa shape index (κ1) is 25.6. The van der Waals surface area contributed by atoms with Crippen LogP contribution in [0.1, 0.15) is 23.1 Å². The average molecular weight is 516 g/mol. The van der Waals surface area contributed by atoms with E-state index in [0.29, 0.717) is 44.0 Å². The van der Waals surface area contributed by atoms with Crippen molar-refractivity contribution in [2.24, 2.45) is 0 Å². The van der Waals surface area contributed by atoms with Gasteiger partial charge in [-0.1, -0.05) is 48.5 Å². The number of hydrogen-bond donors (Lipinski definition) is 2. The lowest BCUT2D eigenvalue weighted by Crippen LogP contribution is -2.45. The minimum Gasteiger partial charge on any atom is -0.493 e. The summed E-state index contributed by atoms with van der Waals surface area (Å²) in [7, 11) is 1.56. The summed E-state index contributed by atoms with van der Waals surface area (Å²) in [6, 6.07) is 23.4. The summed E-state index contributed by atoms with van der Waals surface area (Å²) in [5.41, 5.74) is 3.13. The number of hydrogen-bond acceptors (Lipinski definition) is 6. The van der Waals surface area contributed by atoms with E-state index in [4.69, 9.17) is 14.2 Å². The fourth-order valence-electron chi connectivity index (χ4n) is 4.86. The molecule has 198 valence electrons. The van der Waals surface area contributed by atoms with Crippen molar-refractivity contribution in [1.82, 2.24) is 15.5 Å². The van der Waals surface area contributed by atoms with Crippen LogP contribution in [-0.4, -0.2) is 55.7 Å². The SMILES string of the molecule is COc1cc2ccc1OCC(=O)NCc1ccc(cc1)O[C@H]1CN(Cc3ccccc3)C[C@@H]1NC(=O)CC2. The number of carbonyl (C=O) groups is 2. The van der Waals surface area contributed by atoms with E-state index >= 15 is 0 Å². The Morgan fingerprint density at radius 1 is 0.921 bits per heavy atom. The molecule has 3 aromatic rings. The van der Waals surface area contributed by atoms with E-state index in [-0.39, 0.29) is 30.6 Å². The van der Waals surface area contributed by atoms with E-state index in [2.05, 4.69) is 27.7 Å². The van der Waals surface area contributed by atoms with Gasteiger partial charge in [-0.3, -0.25) is 14.5 Å². The van der Waals surface area contributed by atoms with Crippen LogP contribution in [0.3, 0.4) is 0 Å². The molecule has 8 rings (SSSR count). The minimum atomic E-state index is -0.227. The second-order valence-corrected chi connectivity index (χ2v) is 9.70. The molecular formula is C30H33N3O5. The van der Waals surface area contributed by atoms with Gasteiger partial charge in [-0.2, -0.15) is 0 Å². The Morgan fingerprint density at radius 3 is 2.50 bits per heavy atom. The Hall–Kier alpha value is -4.04. The molecule has 4 bridgehead atoms. The third-order valence-electron chi connectivity index (χ3n) is 6.87. The normalized spacial score (nSPS) is 20.6. The predicted octanol–water partition coefficient (Wildman–Crippen LogP) is 3.08. The third kappa shape index (κ3) is 6.63. The first-order chi connectivity index (χ1) is 18.6. The zero-order valence-corrected chi connectivity index (χ0v) is 21.5. The summed E-state index contributed by atoms with van der Waals surface area (Å²) in [4.78, 5) is 27.7. The van der Waals surface area contributed by atoms with Crippen molar-refractivity contribution in [3.05, 3.63) is 89.5 Å². The second-order valence-electron chi connectivity index (χ2n) is 9.70. The van der Waals surface area contributed by atoms with E-state index in [1.54, 1.807) is 13.2 Å². The van der Waals surface area contributed by atoms with Crippen LogP contribution >= 0.6 is 0 Å². The number of methoxy groups -OCH3 is 1. The summed E-state index contributed by atoms with van der Waals surface area (Å²) in [5, 5.41) is 6.10. The highest BCUT2D eigenvalue weighted by Crippen LogP contribution is 2.29. The van der Waals surface area contributed by atoms with Gasteiger partial charge in [0.15, 0.2) is 18.1 Å². The molecule has 0 radical (unpaired) electrons. The molecule has 2 amide bonds. The number of benzene rings is 3. The number of nitrogens with zero attached hydrogens (tertiary/aromatic N) is 1. The van der Waals surface area contributed by atoms with Crippen molar-refractivity contribution in [3.8, 4) is 17.2 Å². The van der Waals surface area contributed by atoms with Crippen LogP contribution in [0.4, 0.5) is 0 Å². The molecule has 2 N–H and O–H groups in total. The summed E-state index contributed by atoms with van der Waals surface area (Å²) >= 11 is 0. The van der Waals surface area contributed by atoms with Crippen molar-refractivity contribution in [1.29, 1.82) is 0 Å². The first-order valence-electron chi connectivity index (χ1n) is 12.9. The smallest absolute Gasteiger partial charge is 0.258 e. The molecule has 1 saturated heterocycles. The van der Waals surface area contributed by atoms with Gasteiger partial charge in [-0.15, -0.1) is 0 Å². The molecule has 5 heterocycles. The van der Waals surface area contributed by atoms with E-state index in [1.165, 1.54) is 5.56 Å². The van der Waals surface area contributed by atoms with E-state index in [1.807, 2.05) is 54.6 Å². The van der Waals surface area contributed by atoms with Gasteiger partial charge in [0.1, 0.15) is 11.9 Å². The molecule has 8 heteroatoms. The fourth-order valence-corrected chi connectivity index (χ4v) is 4.86. The molecule has 1 fully saturated rings. The lowest BCUT2D eigenvalue weighted by Gasteiger charge is -2.22. The molecule has 2 atom stereocenters. The molecule has 0 aliphatic carbocycles. The standard InChI is InChI=1S/C30H33N3O5/c1-36-27-15-21-9-13-26(27)37-20-30(35)31-16-22-7-11-24(12-8-22)38-28-19-33(17-23-5-3-2-4-6-23)18-25(28)32-29(34)14-10-21/h2-9,11-13,15,25,28H,10,14,16-20H2,1H3,(H,31,35)(H,32,34)/t25-,28-/m0/s1. The Morgan fingerprint density at radius 2 is 1.71 bits per heavy atom. The zero-order chi connectivity index (χ0) is 26.3. The number of amides is 2. The van der Waals surface area contributed by atoms with E-state index < -0.39 is 0 Å². The van der Waals surface area contributed by atoms with Crippen LogP contribution in [0.5, 0.6) is 17.2 Å². The lowest BCUT2D eigenvalue weighted by atomic mass is 10.1. The monoisotopic (exact) mass is 515 g/mol. The van der Waals surface area contributed by atoms with Gasteiger partial charge in [0.05, 0.1) is 13.2 Å². The molecule has 0 spiro atoms. The number of aryl methyl sites for hydroxylation is 1. The Bertz CT molecular complexity index is 1250. The zero-order valence-electron chi connectivity index (χ0n) is 21.5. The van der Waals surface area contributed by atoms with Gasteiger partial charge in [-0.25, -0.2) is 0 Å². The second kappa shape index (κ2) is 12.0. The topological polar surface area (TPSA) is 89.1 Å². The molecule has 3 aromatic carbocycles. The summed E-state index contributed by atoms with van der Waals surface area (Å²) in [6.07, 6.45) is 0.703. The first-order valence-corrected chi connectivity index (χ1v) is 12.9. The van der Waals surface area contributed by atoms with Gasteiger partial charge in [0.25, 0.3) is 5.91 Å². The quantitative estimate of drug-likeness (QED) is 0.558. The molecule has 5 aliphatic rings. The Kier molecular flexibility index (Phi) is 8.09. The van der Waals surface area contributed by atoms with E-state index in [9.17, 15) is 9.59 Å². The van der Waals surface area contributed by atoms with Gasteiger partial charge in [-0.05, 0) is 47.4 Å². The number of rotatable bonds is 3. The maximum absolute atomic E-state index is 13.0. The van der Waals surface area contributed by atoms with Crippen LogP contribution in [0.2, 0.25) is 0 Å². The van der Waals surface area contributed by atoms with Crippen molar-refractivity contribution in [3.63, 3.8) is 0 Å². The maximum Gasteiger partial charge on any atom is 0.258 e. The molecule has 0 unspecified atom stereocenters. The van der Waals surface area contributed by atoms with Crippen molar-refractivity contribution in [2.45, 2.75) is 38.1 Å². The highest BCUT2D eigenvalue weighted by molar-refractivity contribution is 5.78. The van der Waals surface area contributed by atoms with Gasteiger partial charge in [0, 0.05) is 32.6 Å². The maximum atomic E-state index is 13.0. The van der Waals surface area contributed by atoms with Crippen LogP contribution in [0.25, 0.3) is 0 Å². The number of carbonyl (C=O) groups excluding carboxylic acids is 2. The highest BCUT2D eigenvalue weighted by Gasteiger charge is 2.35. The Balaban J connectivity index is 1.35. The molecular weight excluding hydrogens is 482 g/mol.